The Balaban J connectivity index is 2.89. The maximum atomic E-state index is 13.2. The van der Waals surface area contributed by atoms with Crippen LogP contribution >= 0.6 is 28.1 Å². The van der Waals surface area contributed by atoms with Gasteiger partial charge in [-0.25, -0.2) is 4.39 Å². The summed E-state index contributed by atoms with van der Waals surface area (Å²) in [6.07, 6.45) is 0. The van der Waals surface area contributed by atoms with Gasteiger partial charge in [-0.2, -0.15) is 0 Å². The summed E-state index contributed by atoms with van der Waals surface area (Å²) in [6.45, 7) is 4.75. The van der Waals surface area contributed by atoms with E-state index in [1.165, 1.54) is 18.2 Å². The number of carbonyl (C=O) groups is 1. The Morgan fingerprint density at radius 3 is 2.68 bits per heavy atom. The van der Waals surface area contributed by atoms with Crippen LogP contribution in [0.5, 0.6) is 0 Å². The van der Waals surface area contributed by atoms with Crippen LogP contribution in [0, 0.1) is 11.7 Å². The zero-order chi connectivity index (χ0) is 14.6. The number of rotatable bonds is 5. The molecule has 1 atom stereocenters. The predicted octanol–water partition coefficient (Wildman–Crippen LogP) is 2.97. The largest absolute Gasteiger partial charge is 0.393 e. The van der Waals surface area contributed by atoms with Crippen molar-refractivity contribution < 1.29 is 9.18 Å². The molecule has 0 saturated carbocycles. The van der Waals surface area contributed by atoms with Gasteiger partial charge in [0.25, 0.3) is 5.91 Å². The van der Waals surface area contributed by atoms with Gasteiger partial charge >= 0.3 is 0 Å². The van der Waals surface area contributed by atoms with Gasteiger partial charge in [-0.1, -0.05) is 19.1 Å². The molecule has 0 aliphatic carbocycles. The number of hydrogen-bond acceptors (Lipinski definition) is 2. The van der Waals surface area contributed by atoms with Gasteiger partial charge in [0, 0.05) is 24.6 Å². The van der Waals surface area contributed by atoms with Crippen LogP contribution in [0.2, 0.25) is 0 Å². The van der Waals surface area contributed by atoms with E-state index in [1.807, 2.05) is 13.8 Å². The highest BCUT2D eigenvalue weighted by atomic mass is 79.9. The van der Waals surface area contributed by atoms with Gasteiger partial charge in [-0.15, -0.1) is 0 Å². The van der Waals surface area contributed by atoms with Crippen LogP contribution in [0.3, 0.4) is 0 Å². The molecule has 2 N–H and O–H groups in total. The van der Waals surface area contributed by atoms with Crippen LogP contribution in [0.15, 0.2) is 22.7 Å². The lowest BCUT2D eigenvalue weighted by Gasteiger charge is -2.24. The van der Waals surface area contributed by atoms with Crippen molar-refractivity contribution in [3.8, 4) is 0 Å². The minimum absolute atomic E-state index is 0.0530. The quantitative estimate of drug-likeness (QED) is 0.833. The van der Waals surface area contributed by atoms with Crippen LogP contribution in [0.1, 0.15) is 24.2 Å². The summed E-state index contributed by atoms with van der Waals surface area (Å²) in [4.78, 5) is 14.3. The highest BCUT2D eigenvalue weighted by Gasteiger charge is 2.18. The predicted molar refractivity (Wildman–Crippen MR) is 81.6 cm³/mol. The molecule has 0 heterocycles. The van der Waals surface area contributed by atoms with E-state index in [0.29, 0.717) is 23.6 Å². The van der Waals surface area contributed by atoms with Gasteiger partial charge in [0.2, 0.25) is 0 Å². The molecule has 3 nitrogen and oxygen atoms in total. The lowest BCUT2D eigenvalue weighted by Crippen LogP contribution is -2.38. The van der Waals surface area contributed by atoms with Crippen molar-refractivity contribution in [1.82, 2.24) is 4.90 Å². The first-order chi connectivity index (χ1) is 8.86. The van der Waals surface area contributed by atoms with E-state index in [1.54, 1.807) is 4.90 Å². The number of halogens is 2. The highest BCUT2D eigenvalue weighted by molar-refractivity contribution is 9.10. The zero-order valence-corrected chi connectivity index (χ0v) is 13.2. The van der Waals surface area contributed by atoms with E-state index < -0.39 is 5.82 Å². The van der Waals surface area contributed by atoms with E-state index in [4.69, 9.17) is 18.0 Å². The minimum atomic E-state index is -0.392. The normalized spacial score (nSPS) is 12.0. The molecule has 1 aromatic rings. The Kier molecular flexibility index (Phi) is 5.87. The fourth-order valence-electron chi connectivity index (χ4n) is 1.59. The Hall–Kier alpha value is -1.01. The topological polar surface area (TPSA) is 46.3 Å². The summed E-state index contributed by atoms with van der Waals surface area (Å²) in [5, 5.41) is 0. The summed E-state index contributed by atoms with van der Waals surface area (Å²) >= 11 is 7.98. The van der Waals surface area contributed by atoms with E-state index >= 15 is 0 Å². The van der Waals surface area contributed by atoms with Gasteiger partial charge < -0.3 is 10.6 Å². The van der Waals surface area contributed by atoms with Crippen molar-refractivity contribution in [1.29, 1.82) is 0 Å². The van der Waals surface area contributed by atoms with Crippen LogP contribution in [-0.2, 0) is 0 Å². The van der Waals surface area contributed by atoms with Crippen molar-refractivity contribution in [3.63, 3.8) is 0 Å². The molecule has 1 unspecified atom stereocenters. The molecule has 0 spiro atoms. The first kappa shape index (κ1) is 16.0. The maximum Gasteiger partial charge on any atom is 0.253 e. The molecule has 1 rings (SSSR count). The molecule has 6 heteroatoms. The second kappa shape index (κ2) is 6.96. The third-order valence-corrected chi connectivity index (χ3v) is 3.83. The van der Waals surface area contributed by atoms with E-state index in [9.17, 15) is 9.18 Å². The molecule has 0 saturated heterocycles. The molecular weight excluding hydrogens is 331 g/mol. The molecular formula is C13H16BrFN2OS. The van der Waals surface area contributed by atoms with Crippen LogP contribution < -0.4 is 5.73 Å². The number of benzene rings is 1. The SMILES string of the molecule is CCN(CC(C)C(N)=S)C(=O)c1ccc(F)c(Br)c1. The van der Waals surface area contributed by atoms with Crippen molar-refractivity contribution in [2.24, 2.45) is 11.7 Å². The van der Waals surface area contributed by atoms with E-state index in [2.05, 4.69) is 15.9 Å². The fourth-order valence-corrected chi connectivity index (χ4v) is 2.04. The van der Waals surface area contributed by atoms with Gasteiger partial charge in [0.1, 0.15) is 5.82 Å². The summed E-state index contributed by atoms with van der Waals surface area (Å²) < 4.78 is 13.4. The lowest BCUT2D eigenvalue weighted by molar-refractivity contribution is 0.0755. The summed E-state index contributed by atoms with van der Waals surface area (Å²) in [5.41, 5.74) is 5.99. The first-order valence-corrected chi connectivity index (χ1v) is 7.10. The lowest BCUT2D eigenvalue weighted by atomic mass is 10.1. The van der Waals surface area contributed by atoms with Crippen molar-refractivity contribution in [3.05, 3.63) is 34.1 Å². The molecule has 1 aromatic carbocycles. The Morgan fingerprint density at radius 2 is 2.21 bits per heavy atom. The second-order valence-corrected chi connectivity index (χ2v) is 5.60. The molecule has 104 valence electrons. The van der Waals surface area contributed by atoms with E-state index in [0.717, 1.165) is 0 Å². The minimum Gasteiger partial charge on any atom is -0.393 e. The standard InChI is InChI=1S/C13H16BrFN2OS/c1-3-17(7-8(2)12(16)19)13(18)9-4-5-11(15)10(14)6-9/h4-6,8H,3,7H2,1-2H3,(H2,16,19). The Morgan fingerprint density at radius 1 is 1.58 bits per heavy atom. The third kappa shape index (κ3) is 4.24. The van der Waals surface area contributed by atoms with Crippen molar-refractivity contribution >= 4 is 39.0 Å². The average molecular weight is 347 g/mol. The molecule has 0 fully saturated rings. The second-order valence-electron chi connectivity index (χ2n) is 4.28. The molecule has 0 aliphatic heterocycles. The van der Waals surface area contributed by atoms with Crippen LogP contribution in [-0.4, -0.2) is 28.9 Å². The first-order valence-electron chi connectivity index (χ1n) is 5.90. The van der Waals surface area contributed by atoms with Gasteiger partial charge in [0.05, 0.1) is 9.46 Å². The van der Waals surface area contributed by atoms with Crippen molar-refractivity contribution in [2.45, 2.75) is 13.8 Å². The molecule has 0 aliphatic rings. The maximum absolute atomic E-state index is 13.2. The number of carbonyl (C=O) groups excluding carboxylic acids is 1. The number of nitrogens with two attached hydrogens (primary N) is 1. The molecule has 19 heavy (non-hydrogen) atoms. The van der Waals surface area contributed by atoms with Crippen molar-refractivity contribution in [2.75, 3.05) is 13.1 Å². The van der Waals surface area contributed by atoms with Gasteiger partial charge in [-0.3, -0.25) is 4.79 Å². The fraction of sp³-hybridized carbons (Fsp3) is 0.385. The molecule has 1 amide bonds. The highest BCUT2D eigenvalue weighted by Crippen LogP contribution is 2.18. The Labute approximate surface area is 126 Å². The number of hydrogen-bond donors (Lipinski definition) is 1. The molecule has 0 aromatic heterocycles. The van der Waals surface area contributed by atoms with Crippen LogP contribution in [0.25, 0.3) is 0 Å². The molecule has 0 radical (unpaired) electrons. The molecule has 0 bridgehead atoms. The summed E-state index contributed by atoms with van der Waals surface area (Å²) in [5.74, 6) is -0.606. The number of amides is 1. The van der Waals surface area contributed by atoms with Crippen LogP contribution in [0.4, 0.5) is 4.39 Å². The zero-order valence-electron chi connectivity index (χ0n) is 10.8. The van der Waals surface area contributed by atoms with E-state index in [-0.39, 0.29) is 16.3 Å². The number of nitrogens with zero attached hydrogens (tertiary/aromatic N) is 1. The summed E-state index contributed by atoms with van der Waals surface area (Å²) in [6, 6.07) is 4.21. The smallest absolute Gasteiger partial charge is 0.253 e. The van der Waals surface area contributed by atoms with Gasteiger partial charge in [-0.05, 0) is 41.1 Å². The third-order valence-electron chi connectivity index (χ3n) is 2.82. The van der Waals surface area contributed by atoms with Gasteiger partial charge in [0.15, 0.2) is 0 Å². The average Bonchev–Trinajstić information content (AvgIpc) is 2.37. The number of thiocarbonyl (C=S) groups is 1. The monoisotopic (exact) mass is 346 g/mol. The Bertz CT molecular complexity index is 496. The summed E-state index contributed by atoms with van der Waals surface area (Å²) in [7, 11) is 0.